The lowest BCUT2D eigenvalue weighted by atomic mass is 9.76. The molecule has 2 atom stereocenters. The molecule has 2 unspecified atom stereocenters. The van der Waals surface area contributed by atoms with E-state index in [9.17, 15) is 10.2 Å². The van der Waals surface area contributed by atoms with Crippen LogP contribution in [0.3, 0.4) is 0 Å². The molecule has 4 heteroatoms. The van der Waals surface area contributed by atoms with Crippen molar-refractivity contribution in [3.05, 3.63) is 51.3 Å². The molecule has 0 saturated heterocycles. The van der Waals surface area contributed by atoms with Crippen LogP contribution in [0.25, 0.3) is 0 Å². The van der Waals surface area contributed by atoms with E-state index in [1.165, 1.54) is 37.3 Å². The van der Waals surface area contributed by atoms with Crippen molar-refractivity contribution in [3.8, 4) is 11.5 Å². The number of hydrogen-bond donors (Lipinski definition) is 2. The maximum atomic E-state index is 10.8. The number of fused-ring (bicyclic) bond motifs is 2. The van der Waals surface area contributed by atoms with Crippen molar-refractivity contribution in [2.75, 3.05) is 0 Å². The highest BCUT2D eigenvalue weighted by Crippen LogP contribution is 2.46. The zero-order valence-electron chi connectivity index (χ0n) is 17.0. The topological polar surface area (TPSA) is 53.4 Å². The molecule has 0 spiro atoms. The second kappa shape index (κ2) is 9.78. The van der Waals surface area contributed by atoms with Gasteiger partial charge in [0.05, 0.1) is 5.69 Å². The van der Waals surface area contributed by atoms with Crippen molar-refractivity contribution in [1.82, 2.24) is 4.98 Å². The number of unbranched alkanes of at least 4 members (excludes halogenated alkanes) is 3. The number of rotatable bonds is 8. The van der Waals surface area contributed by atoms with Crippen LogP contribution in [0.1, 0.15) is 87.1 Å². The summed E-state index contributed by atoms with van der Waals surface area (Å²) in [6.45, 7) is 4.48. The quantitative estimate of drug-likeness (QED) is 0.435. The number of hydrogen-bond acceptors (Lipinski definition) is 3. The van der Waals surface area contributed by atoms with Crippen molar-refractivity contribution in [1.29, 1.82) is 0 Å². The third-order valence-corrected chi connectivity index (χ3v) is 6.46. The van der Waals surface area contributed by atoms with Gasteiger partial charge in [0.15, 0.2) is 0 Å². The summed E-state index contributed by atoms with van der Waals surface area (Å²) < 4.78 is 0.998. The molecular formula is C24H32BrNO2. The summed E-state index contributed by atoms with van der Waals surface area (Å²) in [6, 6.07) is 5.51. The van der Waals surface area contributed by atoms with Gasteiger partial charge in [-0.1, -0.05) is 46.0 Å². The maximum Gasteiger partial charge on any atom is 0.123 e. The molecule has 0 aliphatic heterocycles. The second-order valence-electron chi connectivity index (χ2n) is 8.11. The predicted molar refractivity (Wildman–Crippen MR) is 118 cm³/mol. The average molecular weight is 446 g/mol. The molecule has 0 fully saturated rings. The number of aromatic nitrogens is 1. The van der Waals surface area contributed by atoms with Crippen molar-refractivity contribution in [2.24, 2.45) is 5.92 Å². The largest absolute Gasteiger partial charge is 0.508 e. The molecule has 2 aromatic rings. The normalized spacial score (nSPS) is 16.9. The van der Waals surface area contributed by atoms with E-state index in [1.807, 2.05) is 12.3 Å². The van der Waals surface area contributed by atoms with Gasteiger partial charge in [-0.15, -0.1) is 0 Å². The maximum absolute atomic E-state index is 10.8. The summed E-state index contributed by atoms with van der Waals surface area (Å²) in [5, 5.41) is 20.9. The molecule has 0 saturated carbocycles. The fourth-order valence-electron chi connectivity index (χ4n) is 4.76. The second-order valence-corrected chi connectivity index (χ2v) is 9.03. The molecule has 1 heterocycles. The minimum absolute atomic E-state index is 0.0859. The van der Waals surface area contributed by atoms with Gasteiger partial charge in [0.2, 0.25) is 0 Å². The van der Waals surface area contributed by atoms with E-state index in [2.05, 4.69) is 35.8 Å². The van der Waals surface area contributed by atoms with Crippen LogP contribution in [0.15, 0.2) is 28.9 Å². The van der Waals surface area contributed by atoms with Crippen LogP contribution in [0.2, 0.25) is 0 Å². The van der Waals surface area contributed by atoms with E-state index in [-0.39, 0.29) is 17.4 Å². The molecular weight excluding hydrogens is 414 g/mol. The molecule has 1 aliphatic rings. The number of phenolic OH excluding ortho intramolecular Hbond substituents is 2. The molecule has 0 amide bonds. The summed E-state index contributed by atoms with van der Waals surface area (Å²) in [7, 11) is 0. The number of nitrogens with zero attached hydrogens (tertiary/aromatic N) is 1. The monoisotopic (exact) mass is 445 g/mol. The van der Waals surface area contributed by atoms with E-state index < -0.39 is 0 Å². The average Bonchev–Trinajstić information content (AvgIpc) is 2.81. The Labute approximate surface area is 177 Å². The van der Waals surface area contributed by atoms with Crippen molar-refractivity contribution in [3.63, 3.8) is 0 Å². The summed E-state index contributed by atoms with van der Waals surface area (Å²) in [6.07, 6.45) is 12.0. The number of aryl methyl sites for hydroxylation is 2. The summed E-state index contributed by atoms with van der Waals surface area (Å²) in [5.41, 5.74) is 4.41. The van der Waals surface area contributed by atoms with Gasteiger partial charge in [-0.2, -0.15) is 0 Å². The SMILES string of the molecule is CCCCCCC(CCC)C1c2ncc(Br)cc2CCc2cc(O)cc(O)c21. The van der Waals surface area contributed by atoms with Gasteiger partial charge in [-0.25, -0.2) is 0 Å². The third-order valence-electron chi connectivity index (χ3n) is 6.03. The number of pyridine rings is 1. The van der Waals surface area contributed by atoms with Gasteiger partial charge in [-0.05, 0) is 70.8 Å². The van der Waals surface area contributed by atoms with E-state index in [0.717, 1.165) is 53.4 Å². The van der Waals surface area contributed by atoms with Crippen LogP contribution in [0.4, 0.5) is 0 Å². The Morgan fingerprint density at radius 1 is 1.00 bits per heavy atom. The van der Waals surface area contributed by atoms with Crippen LogP contribution in [-0.2, 0) is 12.8 Å². The van der Waals surface area contributed by atoms with Crippen LogP contribution in [0, 0.1) is 5.92 Å². The lowest BCUT2D eigenvalue weighted by molar-refractivity contribution is 0.365. The first-order chi connectivity index (χ1) is 13.5. The summed E-state index contributed by atoms with van der Waals surface area (Å²) in [4.78, 5) is 4.85. The lowest BCUT2D eigenvalue weighted by Gasteiger charge is -2.29. The zero-order valence-corrected chi connectivity index (χ0v) is 18.6. The molecule has 28 heavy (non-hydrogen) atoms. The smallest absolute Gasteiger partial charge is 0.123 e. The number of benzene rings is 1. The lowest BCUT2D eigenvalue weighted by Crippen LogP contribution is -2.18. The minimum Gasteiger partial charge on any atom is -0.508 e. The molecule has 3 rings (SSSR count). The van der Waals surface area contributed by atoms with E-state index >= 15 is 0 Å². The predicted octanol–water partition coefficient (Wildman–Crippen LogP) is 6.87. The van der Waals surface area contributed by atoms with E-state index in [1.54, 1.807) is 0 Å². The molecule has 152 valence electrons. The van der Waals surface area contributed by atoms with Gasteiger partial charge in [-0.3, -0.25) is 4.98 Å². The van der Waals surface area contributed by atoms with Gasteiger partial charge in [0.1, 0.15) is 11.5 Å². The molecule has 1 aromatic heterocycles. The van der Waals surface area contributed by atoms with Crippen molar-refractivity contribution < 1.29 is 10.2 Å². The van der Waals surface area contributed by atoms with Crippen LogP contribution < -0.4 is 0 Å². The Kier molecular flexibility index (Phi) is 7.39. The number of phenols is 2. The molecule has 0 bridgehead atoms. The Morgan fingerprint density at radius 2 is 1.79 bits per heavy atom. The van der Waals surface area contributed by atoms with Gasteiger partial charge in [0.25, 0.3) is 0 Å². The first-order valence-electron chi connectivity index (χ1n) is 10.7. The van der Waals surface area contributed by atoms with E-state index in [4.69, 9.17) is 4.98 Å². The number of aromatic hydroxyl groups is 2. The minimum atomic E-state index is 0.0859. The molecule has 1 aromatic carbocycles. The highest BCUT2D eigenvalue weighted by molar-refractivity contribution is 9.10. The Bertz CT molecular complexity index is 805. The van der Waals surface area contributed by atoms with Gasteiger partial charge in [0, 0.05) is 28.2 Å². The zero-order chi connectivity index (χ0) is 20.1. The molecule has 0 radical (unpaired) electrons. The van der Waals surface area contributed by atoms with Gasteiger partial charge < -0.3 is 10.2 Å². The molecule has 3 nitrogen and oxygen atoms in total. The third kappa shape index (κ3) is 4.71. The highest BCUT2D eigenvalue weighted by Gasteiger charge is 2.33. The Hall–Kier alpha value is -1.55. The van der Waals surface area contributed by atoms with Crippen LogP contribution in [-0.4, -0.2) is 15.2 Å². The fraction of sp³-hybridized carbons (Fsp3) is 0.542. The summed E-state index contributed by atoms with van der Waals surface area (Å²) in [5.74, 6) is 0.890. The van der Waals surface area contributed by atoms with Crippen molar-refractivity contribution in [2.45, 2.75) is 77.6 Å². The standard InChI is InChI=1S/C24H32BrNO2/c1-3-5-6-7-9-16(8-4-2)23-22-17(13-20(27)14-21(22)28)10-11-18-12-19(25)15-26-24(18)23/h12-16,23,27-28H,3-11H2,1-2H3. The summed E-state index contributed by atoms with van der Waals surface area (Å²) >= 11 is 3.57. The van der Waals surface area contributed by atoms with Crippen LogP contribution >= 0.6 is 15.9 Å². The Morgan fingerprint density at radius 3 is 2.54 bits per heavy atom. The number of halogens is 1. The Balaban J connectivity index is 2.07. The van der Waals surface area contributed by atoms with Gasteiger partial charge >= 0.3 is 0 Å². The van der Waals surface area contributed by atoms with Crippen molar-refractivity contribution >= 4 is 15.9 Å². The van der Waals surface area contributed by atoms with Crippen LogP contribution in [0.5, 0.6) is 11.5 Å². The molecule has 2 N–H and O–H groups in total. The molecule has 1 aliphatic carbocycles. The van der Waals surface area contributed by atoms with E-state index in [0.29, 0.717) is 5.92 Å². The fourth-order valence-corrected chi connectivity index (χ4v) is 5.14. The first-order valence-corrected chi connectivity index (χ1v) is 11.5. The first kappa shape index (κ1) is 21.2. The highest BCUT2D eigenvalue weighted by atomic mass is 79.9.